The molecule has 0 radical (unpaired) electrons. The molecule has 0 aliphatic carbocycles. The molecule has 0 aliphatic heterocycles. The van der Waals surface area contributed by atoms with E-state index >= 15 is 0 Å². The van der Waals surface area contributed by atoms with E-state index in [0.717, 1.165) is 12.2 Å². The van der Waals surface area contributed by atoms with Crippen molar-refractivity contribution in [3.63, 3.8) is 0 Å². The topological polar surface area (TPSA) is 64.5 Å². The number of hydrogen-bond donors (Lipinski definition) is 2. The summed E-state index contributed by atoms with van der Waals surface area (Å²) in [6, 6.07) is 4.14. The van der Waals surface area contributed by atoms with Gasteiger partial charge in [0.1, 0.15) is 0 Å². The van der Waals surface area contributed by atoms with Crippen molar-refractivity contribution in [2.45, 2.75) is 20.4 Å². The SMILES string of the molecule is CC(C)(C#N)CNCc1ccn[nH]1. The Morgan fingerprint density at radius 2 is 2.46 bits per heavy atom. The quantitative estimate of drug-likeness (QED) is 0.724. The van der Waals surface area contributed by atoms with Gasteiger partial charge in [0.05, 0.1) is 11.5 Å². The fourth-order valence-electron chi connectivity index (χ4n) is 0.932. The zero-order valence-corrected chi connectivity index (χ0v) is 7.96. The maximum absolute atomic E-state index is 8.74. The van der Waals surface area contributed by atoms with Crippen LogP contribution in [0.2, 0.25) is 0 Å². The molecule has 2 N–H and O–H groups in total. The van der Waals surface area contributed by atoms with E-state index in [0.29, 0.717) is 6.54 Å². The van der Waals surface area contributed by atoms with Crippen molar-refractivity contribution in [3.8, 4) is 6.07 Å². The van der Waals surface area contributed by atoms with E-state index in [2.05, 4.69) is 21.6 Å². The summed E-state index contributed by atoms with van der Waals surface area (Å²) >= 11 is 0. The van der Waals surface area contributed by atoms with Gasteiger partial charge in [0, 0.05) is 25.0 Å². The van der Waals surface area contributed by atoms with Crippen molar-refractivity contribution >= 4 is 0 Å². The summed E-state index contributed by atoms with van der Waals surface area (Å²) in [5, 5.41) is 18.6. The molecule has 1 heterocycles. The van der Waals surface area contributed by atoms with E-state index in [9.17, 15) is 0 Å². The Bertz CT molecular complexity index is 281. The highest BCUT2D eigenvalue weighted by Gasteiger charge is 2.15. The second-order valence-electron chi connectivity index (χ2n) is 3.68. The second-order valence-corrected chi connectivity index (χ2v) is 3.68. The van der Waals surface area contributed by atoms with Crippen LogP contribution in [0.4, 0.5) is 0 Å². The van der Waals surface area contributed by atoms with Crippen molar-refractivity contribution < 1.29 is 0 Å². The molecule has 0 saturated heterocycles. The van der Waals surface area contributed by atoms with Gasteiger partial charge in [-0.25, -0.2) is 0 Å². The minimum absolute atomic E-state index is 0.306. The van der Waals surface area contributed by atoms with E-state index in [4.69, 9.17) is 5.26 Å². The first-order valence-corrected chi connectivity index (χ1v) is 4.24. The maximum atomic E-state index is 8.74. The van der Waals surface area contributed by atoms with Crippen molar-refractivity contribution in [3.05, 3.63) is 18.0 Å². The monoisotopic (exact) mass is 178 g/mol. The third-order valence-electron chi connectivity index (χ3n) is 1.74. The van der Waals surface area contributed by atoms with Crippen LogP contribution < -0.4 is 5.32 Å². The lowest BCUT2D eigenvalue weighted by atomic mass is 9.96. The predicted octanol–water partition coefficient (Wildman–Crippen LogP) is 1.05. The standard InChI is InChI=1S/C9H14N4/c1-9(2,6-10)7-11-5-8-3-4-12-13-8/h3-4,11H,5,7H2,1-2H3,(H,12,13). The Morgan fingerprint density at radius 1 is 1.69 bits per heavy atom. The lowest BCUT2D eigenvalue weighted by Crippen LogP contribution is -2.27. The van der Waals surface area contributed by atoms with Crippen molar-refractivity contribution in [1.82, 2.24) is 15.5 Å². The van der Waals surface area contributed by atoms with E-state index in [1.807, 2.05) is 19.9 Å². The minimum atomic E-state index is -0.306. The molecule has 1 aromatic heterocycles. The smallest absolute Gasteiger partial charge is 0.0697 e. The van der Waals surface area contributed by atoms with Crippen LogP contribution >= 0.6 is 0 Å². The highest BCUT2D eigenvalue weighted by molar-refractivity contribution is 4.98. The maximum Gasteiger partial charge on any atom is 0.0697 e. The number of H-pyrrole nitrogens is 1. The summed E-state index contributed by atoms with van der Waals surface area (Å²) in [4.78, 5) is 0. The van der Waals surface area contributed by atoms with E-state index < -0.39 is 0 Å². The van der Waals surface area contributed by atoms with Gasteiger partial charge in [-0.2, -0.15) is 10.4 Å². The average Bonchev–Trinajstić information content (AvgIpc) is 2.57. The van der Waals surface area contributed by atoms with Gasteiger partial charge in [0.15, 0.2) is 0 Å². The summed E-state index contributed by atoms with van der Waals surface area (Å²) in [5.41, 5.74) is 0.730. The van der Waals surface area contributed by atoms with Gasteiger partial charge < -0.3 is 5.32 Å². The molecule has 4 heteroatoms. The van der Waals surface area contributed by atoms with E-state index in [-0.39, 0.29) is 5.41 Å². The van der Waals surface area contributed by atoms with Crippen LogP contribution in [0.5, 0.6) is 0 Å². The molecular weight excluding hydrogens is 164 g/mol. The van der Waals surface area contributed by atoms with Crippen LogP contribution in [-0.4, -0.2) is 16.7 Å². The predicted molar refractivity (Wildman–Crippen MR) is 49.7 cm³/mol. The summed E-state index contributed by atoms with van der Waals surface area (Å²) in [6.45, 7) is 5.23. The van der Waals surface area contributed by atoms with Crippen molar-refractivity contribution in [1.29, 1.82) is 5.26 Å². The number of aromatic nitrogens is 2. The fraction of sp³-hybridized carbons (Fsp3) is 0.556. The van der Waals surface area contributed by atoms with Crippen molar-refractivity contribution in [2.75, 3.05) is 6.54 Å². The van der Waals surface area contributed by atoms with Crippen LogP contribution in [0.3, 0.4) is 0 Å². The van der Waals surface area contributed by atoms with Gasteiger partial charge in [0.25, 0.3) is 0 Å². The number of hydrogen-bond acceptors (Lipinski definition) is 3. The Labute approximate surface area is 78.0 Å². The van der Waals surface area contributed by atoms with Gasteiger partial charge >= 0.3 is 0 Å². The normalized spacial score (nSPS) is 11.2. The summed E-state index contributed by atoms with van der Waals surface area (Å²) < 4.78 is 0. The third kappa shape index (κ3) is 3.26. The Kier molecular flexibility index (Phi) is 3.04. The molecule has 0 atom stereocenters. The number of aromatic amines is 1. The Balaban J connectivity index is 2.26. The molecule has 0 fully saturated rings. The molecule has 4 nitrogen and oxygen atoms in total. The van der Waals surface area contributed by atoms with Gasteiger partial charge in [0.2, 0.25) is 0 Å². The third-order valence-corrected chi connectivity index (χ3v) is 1.74. The molecule has 0 aromatic carbocycles. The molecule has 0 saturated carbocycles. The molecule has 0 bridgehead atoms. The second kappa shape index (κ2) is 4.06. The lowest BCUT2D eigenvalue weighted by Gasteiger charge is -2.14. The average molecular weight is 178 g/mol. The van der Waals surface area contributed by atoms with E-state index in [1.165, 1.54) is 0 Å². The first kappa shape index (κ1) is 9.75. The lowest BCUT2D eigenvalue weighted by molar-refractivity contribution is 0.443. The highest BCUT2D eigenvalue weighted by atomic mass is 15.1. The first-order valence-electron chi connectivity index (χ1n) is 4.24. The molecule has 1 rings (SSSR count). The zero-order chi connectivity index (χ0) is 9.73. The number of nitrogens with one attached hydrogen (secondary N) is 2. The minimum Gasteiger partial charge on any atom is -0.310 e. The summed E-state index contributed by atoms with van der Waals surface area (Å²) in [6.07, 6.45) is 1.71. The number of rotatable bonds is 4. The molecular formula is C9H14N4. The van der Waals surface area contributed by atoms with Gasteiger partial charge in [-0.1, -0.05) is 0 Å². The Hall–Kier alpha value is -1.34. The largest absolute Gasteiger partial charge is 0.310 e. The first-order chi connectivity index (χ1) is 6.14. The molecule has 13 heavy (non-hydrogen) atoms. The molecule has 0 aliphatic rings. The zero-order valence-electron chi connectivity index (χ0n) is 7.96. The molecule has 70 valence electrons. The molecule has 0 spiro atoms. The Morgan fingerprint density at radius 3 is 3.00 bits per heavy atom. The van der Waals surface area contributed by atoms with Gasteiger partial charge in [-0.15, -0.1) is 0 Å². The highest BCUT2D eigenvalue weighted by Crippen LogP contribution is 2.10. The van der Waals surface area contributed by atoms with Crippen LogP contribution in [0.25, 0.3) is 0 Å². The molecule has 1 aromatic rings. The number of nitriles is 1. The molecule has 0 unspecified atom stereocenters. The van der Waals surface area contributed by atoms with Crippen LogP contribution in [0.1, 0.15) is 19.5 Å². The van der Waals surface area contributed by atoms with Crippen LogP contribution in [0, 0.1) is 16.7 Å². The van der Waals surface area contributed by atoms with E-state index in [1.54, 1.807) is 6.20 Å². The van der Waals surface area contributed by atoms with Crippen LogP contribution in [-0.2, 0) is 6.54 Å². The van der Waals surface area contributed by atoms with Gasteiger partial charge in [-0.05, 0) is 19.9 Å². The number of nitrogens with zero attached hydrogens (tertiary/aromatic N) is 2. The summed E-state index contributed by atoms with van der Waals surface area (Å²) in [7, 11) is 0. The van der Waals surface area contributed by atoms with Gasteiger partial charge in [-0.3, -0.25) is 5.10 Å². The summed E-state index contributed by atoms with van der Waals surface area (Å²) in [5.74, 6) is 0. The van der Waals surface area contributed by atoms with Crippen LogP contribution in [0.15, 0.2) is 12.3 Å². The molecule has 0 amide bonds. The fourth-order valence-corrected chi connectivity index (χ4v) is 0.932. The van der Waals surface area contributed by atoms with Crippen molar-refractivity contribution in [2.24, 2.45) is 5.41 Å².